The van der Waals surface area contributed by atoms with Crippen LogP contribution in [0.2, 0.25) is 0 Å². The van der Waals surface area contributed by atoms with Crippen molar-refractivity contribution in [2.24, 2.45) is 0 Å². The van der Waals surface area contributed by atoms with Crippen molar-refractivity contribution in [1.29, 1.82) is 0 Å². The van der Waals surface area contributed by atoms with E-state index in [2.05, 4.69) is 52.5 Å². The van der Waals surface area contributed by atoms with E-state index in [0.717, 1.165) is 4.47 Å². The summed E-state index contributed by atoms with van der Waals surface area (Å²) in [6.45, 7) is 0. The molecule has 2 aromatic carbocycles. The molecule has 0 atom stereocenters. The first kappa shape index (κ1) is 16.8. The molecule has 0 amide bonds. The first-order valence-electron chi connectivity index (χ1n) is 5.65. The maximum atomic E-state index is 12.5. The van der Waals surface area contributed by atoms with Crippen molar-refractivity contribution in [2.75, 3.05) is 11.8 Å². The van der Waals surface area contributed by atoms with Gasteiger partial charge in [0.15, 0.2) is 0 Å². The first-order chi connectivity index (χ1) is 9.83. The maximum Gasteiger partial charge on any atom is 0.263 e. The van der Waals surface area contributed by atoms with Crippen LogP contribution in [0.1, 0.15) is 0 Å². The third-order valence-electron chi connectivity index (χ3n) is 2.59. The highest BCUT2D eigenvalue weighted by Crippen LogP contribution is 2.32. The molecule has 21 heavy (non-hydrogen) atoms. The monoisotopic (exact) mass is 497 g/mol. The van der Waals surface area contributed by atoms with Gasteiger partial charge >= 0.3 is 0 Å². The number of anilines is 1. The summed E-state index contributed by atoms with van der Waals surface area (Å²) in [5.74, 6) is 0.438. The van der Waals surface area contributed by atoms with E-state index in [-0.39, 0.29) is 4.90 Å². The summed E-state index contributed by atoms with van der Waals surface area (Å²) in [5, 5.41) is 0. The highest BCUT2D eigenvalue weighted by Gasteiger charge is 2.20. The van der Waals surface area contributed by atoms with E-state index in [4.69, 9.17) is 4.74 Å². The molecule has 0 saturated carbocycles. The van der Waals surface area contributed by atoms with Gasteiger partial charge in [0.05, 0.1) is 12.8 Å². The van der Waals surface area contributed by atoms with Crippen LogP contribution >= 0.6 is 47.8 Å². The smallest absolute Gasteiger partial charge is 0.263 e. The van der Waals surface area contributed by atoms with E-state index in [0.29, 0.717) is 20.4 Å². The van der Waals surface area contributed by atoms with E-state index < -0.39 is 10.0 Å². The minimum Gasteiger partial charge on any atom is -0.495 e. The second kappa shape index (κ2) is 6.68. The minimum absolute atomic E-state index is 0.138. The van der Waals surface area contributed by atoms with Crippen LogP contribution in [0, 0.1) is 0 Å². The lowest BCUT2D eigenvalue weighted by atomic mass is 10.3. The van der Waals surface area contributed by atoms with Crippen LogP contribution in [0.5, 0.6) is 5.75 Å². The number of hydrogen-bond acceptors (Lipinski definition) is 3. The molecular weight excluding hydrogens is 490 g/mol. The molecule has 8 heteroatoms. The van der Waals surface area contributed by atoms with Crippen molar-refractivity contribution < 1.29 is 13.2 Å². The molecule has 0 radical (unpaired) electrons. The fourth-order valence-electron chi connectivity index (χ4n) is 1.64. The lowest BCUT2D eigenvalue weighted by molar-refractivity contribution is 0.417. The van der Waals surface area contributed by atoms with Crippen LogP contribution in [0.3, 0.4) is 0 Å². The molecule has 0 spiro atoms. The summed E-state index contributed by atoms with van der Waals surface area (Å²) < 4.78 is 34.6. The fraction of sp³-hybridized carbons (Fsp3) is 0.0769. The molecule has 0 aliphatic carbocycles. The van der Waals surface area contributed by atoms with Crippen molar-refractivity contribution in [3.05, 3.63) is 49.8 Å². The van der Waals surface area contributed by atoms with E-state index >= 15 is 0 Å². The average Bonchev–Trinajstić information content (AvgIpc) is 2.41. The summed E-state index contributed by atoms with van der Waals surface area (Å²) in [6, 6.07) is 10.0. The Kier molecular flexibility index (Phi) is 5.34. The molecule has 0 unspecified atom stereocenters. The van der Waals surface area contributed by atoms with Crippen LogP contribution in [-0.4, -0.2) is 15.5 Å². The Labute approximate surface area is 148 Å². The summed E-state index contributed by atoms with van der Waals surface area (Å²) in [7, 11) is -2.26. The van der Waals surface area contributed by atoms with Gasteiger partial charge in [-0.1, -0.05) is 31.9 Å². The molecule has 0 saturated heterocycles. The quantitative estimate of drug-likeness (QED) is 0.658. The lowest BCUT2D eigenvalue weighted by Crippen LogP contribution is -2.14. The molecule has 1 N–H and O–H groups in total. The second-order valence-electron chi connectivity index (χ2n) is 4.02. The van der Waals surface area contributed by atoms with Gasteiger partial charge in [-0.15, -0.1) is 0 Å². The molecule has 112 valence electrons. The molecule has 0 aliphatic rings. The van der Waals surface area contributed by atoms with Crippen molar-refractivity contribution >= 4 is 63.5 Å². The van der Waals surface area contributed by atoms with Gasteiger partial charge in [-0.25, -0.2) is 8.42 Å². The van der Waals surface area contributed by atoms with Crippen LogP contribution in [0.15, 0.2) is 54.7 Å². The van der Waals surface area contributed by atoms with Crippen LogP contribution < -0.4 is 9.46 Å². The standard InChI is InChI=1S/C13H10Br3NO3S/c1-20-12-5-3-8(14)6-11(12)17-21(18,19)13-7-9(15)2-4-10(13)16/h2-7,17H,1H3. The molecular formula is C13H10Br3NO3S. The van der Waals surface area contributed by atoms with E-state index in [1.807, 2.05) is 0 Å². The minimum atomic E-state index is -3.74. The predicted octanol–water partition coefficient (Wildman–Crippen LogP) is 4.78. The average molecular weight is 500 g/mol. The number of rotatable bonds is 4. The van der Waals surface area contributed by atoms with Crippen molar-refractivity contribution in [3.8, 4) is 5.75 Å². The van der Waals surface area contributed by atoms with Crippen molar-refractivity contribution in [3.63, 3.8) is 0 Å². The third-order valence-corrected chi connectivity index (χ3v) is 5.93. The first-order valence-corrected chi connectivity index (χ1v) is 9.51. The van der Waals surface area contributed by atoms with Gasteiger partial charge in [-0.2, -0.15) is 0 Å². The number of sulfonamides is 1. The molecule has 2 rings (SSSR count). The molecule has 0 heterocycles. The Hall–Kier alpha value is -0.570. The van der Waals surface area contributed by atoms with Crippen LogP contribution in [0.25, 0.3) is 0 Å². The maximum absolute atomic E-state index is 12.5. The summed E-state index contributed by atoms with van der Waals surface area (Å²) >= 11 is 9.83. The predicted molar refractivity (Wildman–Crippen MR) is 93.3 cm³/mol. The van der Waals surface area contributed by atoms with E-state index in [1.54, 1.807) is 30.3 Å². The highest BCUT2D eigenvalue weighted by molar-refractivity contribution is 9.11. The van der Waals surface area contributed by atoms with Gasteiger partial charge in [-0.3, -0.25) is 4.72 Å². The zero-order valence-corrected chi connectivity index (χ0v) is 16.3. The molecule has 0 bridgehead atoms. The van der Waals surface area contributed by atoms with Gasteiger partial charge in [0.1, 0.15) is 10.6 Å². The second-order valence-corrected chi connectivity index (χ2v) is 8.36. The van der Waals surface area contributed by atoms with Gasteiger partial charge in [0, 0.05) is 13.4 Å². The topological polar surface area (TPSA) is 55.4 Å². The van der Waals surface area contributed by atoms with Crippen LogP contribution in [0.4, 0.5) is 5.69 Å². The SMILES string of the molecule is COc1ccc(Br)cc1NS(=O)(=O)c1cc(Br)ccc1Br. The molecule has 0 aliphatic heterocycles. The number of benzene rings is 2. The van der Waals surface area contributed by atoms with Crippen molar-refractivity contribution in [1.82, 2.24) is 0 Å². The number of ether oxygens (including phenoxy) is 1. The Balaban J connectivity index is 2.47. The molecule has 0 fully saturated rings. The Morgan fingerprint density at radius 2 is 1.62 bits per heavy atom. The number of hydrogen-bond donors (Lipinski definition) is 1. The van der Waals surface area contributed by atoms with E-state index in [9.17, 15) is 8.42 Å². The van der Waals surface area contributed by atoms with E-state index in [1.165, 1.54) is 13.2 Å². The van der Waals surface area contributed by atoms with Gasteiger partial charge in [-0.05, 0) is 52.3 Å². The Morgan fingerprint density at radius 1 is 1.00 bits per heavy atom. The van der Waals surface area contributed by atoms with Crippen LogP contribution in [-0.2, 0) is 10.0 Å². The highest BCUT2D eigenvalue weighted by atomic mass is 79.9. The van der Waals surface area contributed by atoms with Crippen molar-refractivity contribution in [2.45, 2.75) is 4.90 Å². The normalized spacial score (nSPS) is 11.2. The molecule has 0 aromatic heterocycles. The number of methoxy groups -OCH3 is 1. The summed E-state index contributed by atoms with van der Waals surface area (Å²) in [5.41, 5.74) is 0.360. The molecule has 2 aromatic rings. The Morgan fingerprint density at radius 3 is 2.29 bits per heavy atom. The van der Waals surface area contributed by atoms with Gasteiger partial charge < -0.3 is 4.74 Å². The largest absolute Gasteiger partial charge is 0.495 e. The lowest BCUT2D eigenvalue weighted by Gasteiger charge is -2.13. The zero-order valence-electron chi connectivity index (χ0n) is 10.7. The zero-order chi connectivity index (χ0) is 15.6. The number of nitrogens with one attached hydrogen (secondary N) is 1. The van der Waals surface area contributed by atoms with Gasteiger partial charge in [0.2, 0.25) is 0 Å². The molecule has 4 nitrogen and oxygen atoms in total. The number of halogens is 3. The Bertz CT molecular complexity index is 778. The summed E-state index contributed by atoms with van der Waals surface area (Å²) in [6.07, 6.45) is 0. The third kappa shape index (κ3) is 4.00. The van der Waals surface area contributed by atoms with Gasteiger partial charge in [0.25, 0.3) is 10.0 Å². The summed E-state index contributed by atoms with van der Waals surface area (Å²) in [4.78, 5) is 0.138. The fourth-order valence-corrected chi connectivity index (χ4v) is 4.57.